The largest absolute Gasteiger partial charge is 0.328 e. The molecule has 2 aliphatic rings. The van der Waals surface area contributed by atoms with E-state index in [0.29, 0.717) is 19.4 Å². The van der Waals surface area contributed by atoms with Gasteiger partial charge in [-0.15, -0.1) is 0 Å². The van der Waals surface area contributed by atoms with Crippen LogP contribution < -0.4 is 11.2 Å². The van der Waals surface area contributed by atoms with Crippen molar-refractivity contribution in [1.82, 2.24) is 14.7 Å². The van der Waals surface area contributed by atoms with Gasteiger partial charge in [0.05, 0.1) is 6.26 Å². The van der Waals surface area contributed by atoms with Crippen LogP contribution in [0.3, 0.4) is 0 Å². The molecule has 0 aliphatic carbocycles. The fourth-order valence-electron chi connectivity index (χ4n) is 2.06. The Morgan fingerprint density at radius 3 is 2.88 bits per heavy atom. The highest BCUT2D eigenvalue weighted by Crippen LogP contribution is 2.21. The van der Waals surface area contributed by atoms with Gasteiger partial charge < -0.3 is 11.2 Å². The Morgan fingerprint density at radius 1 is 1.53 bits per heavy atom. The van der Waals surface area contributed by atoms with Crippen molar-refractivity contribution in [2.75, 3.05) is 12.8 Å². The summed E-state index contributed by atoms with van der Waals surface area (Å²) in [6.07, 6.45) is 6.99. The second-order valence-corrected chi connectivity index (χ2v) is 6.19. The van der Waals surface area contributed by atoms with E-state index in [4.69, 9.17) is 5.73 Å². The van der Waals surface area contributed by atoms with Gasteiger partial charge in [0.25, 0.3) is 0 Å². The van der Waals surface area contributed by atoms with E-state index >= 15 is 0 Å². The molecule has 2 rings (SSSR count). The summed E-state index contributed by atoms with van der Waals surface area (Å²) < 4.78 is 24.9. The molecule has 0 aromatic heterocycles. The maximum absolute atomic E-state index is 11.7. The van der Waals surface area contributed by atoms with Gasteiger partial charge in [-0.3, -0.25) is 5.01 Å². The summed E-state index contributed by atoms with van der Waals surface area (Å²) in [6, 6.07) is 0.0131. The topological polar surface area (TPSA) is 91.0 Å². The number of nitrogens with zero attached hydrogens (tertiary/aromatic N) is 3. The number of aliphatic imine (C=N–C) groups is 1. The number of sulfonamides is 1. The maximum atomic E-state index is 11.7. The normalized spacial score (nSPS) is 30.4. The van der Waals surface area contributed by atoms with Gasteiger partial charge in [-0.1, -0.05) is 0 Å². The van der Waals surface area contributed by atoms with Crippen LogP contribution in [0.1, 0.15) is 12.8 Å². The lowest BCUT2D eigenvalue weighted by Crippen LogP contribution is -2.59. The molecule has 0 spiro atoms. The minimum Gasteiger partial charge on any atom is -0.328 e. The summed E-state index contributed by atoms with van der Waals surface area (Å²) in [5.41, 5.74) is 8.85. The molecule has 0 aromatic rings. The fourth-order valence-corrected chi connectivity index (χ4v) is 3.12. The van der Waals surface area contributed by atoms with Crippen LogP contribution in [0.4, 0.5) is 0 Å². The second-order valence-electron chi connectivity index (χ2n) is 4.26. The van der Waals surface area contributed by atoms with Crippen molar-refractivity contribution < 1.29 is 8.42 Å². The molecule has 1 fully saturated rings. The van der Waals surface area contributed by atoms with Crippen molar-refractivity contribution in [3.05, 3.63) is 12.4 Å². The molecular formula is C9H17N5O2S. The molecule has 96 valence electrons. The predicted octanol–water partition coefficient (Wildman–Crippen LogP) is -0.985. The third kappa shape index (κ3) is 2.76. The second kappa shape index (κ2) is 4.63. The van der Waals surface area contributed by atoms with Crippen LogP contribution in [-0.4, -0.2) is 49.1 Å². The molecule has 2 heterocycles. The van der Waals surface area contributed by atoms with Crippen LogP contribution in [0.2, 0.25) is 0 Å². The molecule has 2 aliphatic heterocycles. The van der Waals surface area contributed by atoms with Crippen LogP contribution in [0.5, 0.6) is 0 Å². The standard InChI is InChI=1S/C9H17N5O2S/c1-17(15,16)14-5-2-8(10)6-9(14)13-7-11-3-4-12-13/h3-4,7-9,12H,2,5-6,10H2,1H3. The Morgan fingerprint density at radius 2 is 2.29 bits per heavy atom. The van der Waals surface area contributed by atoms with E-state index in [1.807, 2.05) is 0 Å². The van der Waals surface area contributed by atoms with Crippen LogP contribution in [0.15, 0.2) is 17.4 Å². The smallest absolute Gasteiger partial charge is 0.213 e. The quantitative estimate of drug-likeness (QED) is 0.665. The molecule has 17 heavy (non-hydrogen) atoms. The molecule has 7 nitrogen and oxygen atoms in total. The maximum Gasteiger partial charge on any atom is 0.213 e. The van der Waals surface area contributed by atoms with Gasteiger partial charge in [-0.2, -0.15) is 4.31 Å². The SMILES string of the molecule is CS(=O)(=O)N1CCC(N)CC1N1C=NC=CN1. The Kier molecular flexibility index (Phi) is 3.36. The summed E-state index contributed by atoms with van der Waals surface area (Å²) in [5, 5.41) is 1.67. The zero-order valence-electron chi connectivity index (χ0n) is 9.65. The summed E-state index contributed by atoms with van der Waals surface area (Å²) >= 11 is 0. The summed E-state index contributed by atoms with van der Waals surface area (Å²) in [5.74, 6) is 0. The highest BCUT2D eigenvalue weighted by Gasteiger charge is 2.35. The average molecular weight is 259 g/mol. The molecule has 0 amide bonds. The lowest BCUT2D eigenvalue weighted by atomic mass is 10.1. The van der Waals surface area contributed by atoms with Gasteiger partial charge in [0.2, 0.25) is 10.0 Å². The molecule has 2 atom stereocenters. The molecular weight excluding hydrogens is 242 g/mol. The molecule has 2 unspecified atom stereocenters. The van der Waals surface area contributed by atoms with E-state index in [9.17, 15) is 8.42 Å². The number of nitrogens with two attached hydrogens (primary N) is 1. The number of rotatable bonds is 2. The first-order valence-corrected chi connectivity index (χ1v) is 7.28. The third-order valence-corrected chi connectivity index (χ3v) is 4.17. The minimum absolute atomic E-state index is 0.0131. The zero-order chi connectivity index (χ0) is 12.5. The van der Waals surface area contributed by atoms with Crippen molar-refractivity contribution in [1.29, 1.82) is 0 Å². The Labute approximate surface area is 101 Å². The van der Waals surface area contributed by atoms with E-state index in [1.54, 1.807) is 23.7 Å². The Hall–Kier alpha value is -1.12. The van der Waals surface area contributed by atoms with Crippen LogP contribution >= 0.6 is 0 Å². The first-order valence-electron chi connectivity index (χ1n) is 5.44. The van der Waals surface area contributed by atoms with E-state index in [1.165, 1.54) is 10.6 Å². The van der Waals surface area contributed by atoms with Gasteiger partial charge in [0, 0.05) is 25.0 Å². The van der Waals surface area contributed by atoms with Crippen LogP contribution in [-0.2, 0) is 10.0 Å². The minimum atomic E-state index is -3.24. The van der Waals surface area contributed by atoms with E-state index in [0.717, 1.165) is 0 Å². The molecule has 0 aromatic carbocycles. The first-order chi connectivity index (χ1) is 7.98. The zero-order valence-corrected chi connectivity index (χ0v) is 10.5. The number of hydrogen-bond donors (Lipinski definition) is 2. The van der Waals surface area contributed by atoms with Gasteiger partial charge in [0.1, 0.15) is 12.5 Å². The molecule has 0 saturated carbocycles. The van der Waals surface area contributed by atoms with Gasteiger partial charge >= 0.3 is 0 Å². The van der Waals surface area contributed by atoms with Crippen molar-refractivity contribution in [2.45, 2.75) is 25.0 Å². The lowest BCUT2D eigenvalue weighted by Gasteiger charge is -2.42. The molecule has 0 radical (unpaired) electrons. The van der Waals surface area contributed by atoms with Crippen molar-refractivity contribution >= 4 is 16.4 Å². The van der Waals surface area contributed by atoms with Crippen LogP contribution in [0.25, 0.3) is 0 Å². The van der Waals surface area contributed by atoms with Crippen molar-refractivity contribution in [2.24, 2.45) is 10.7 Å². The number of hydrazine groups is 1. The van der Waals surface area contributed by atoms with Crippen molar-refractivity contribution in [3.8, 4) is 0 Å². The van der Waals surface area contributed by atoms with Crippen molar-refractivity contribution in [3.63, 3.8) is 0 Å². The van der Waals surface area contributed by atoms with E-state index in [-0.39, 0.29) is 12.2 Å². The summed E-state index contributed by atoms with van der Waals surface area (Å²) in [4.78, 5) is 3.97. The number of hydrogen-bond acceptors (Lipinski definition) is 6. The molecule has 1 saturated heterocycles. The van der Waals surface area contributed by atoms with Gasteiger partial charge in [-0.25, -0.2) is 13.4 Å². The third-order valence-electron chi connectivity index (χ3n) is 2.89. The number of nitrogens with one attached hydrogen (secondary N) is 1. The first kappa shape index (κ1) is 12.3. The Bertz CT molecular complexity index is 433. The summed E-state index contributed by atoms with van der Waals surface area (Å²) in [6.45, 7) is 0.445. The fraction of sp³-hybridized carbons (Fsp3) is 0.667. The summed E-state index contributed by atoms with van der Waals surface area (Å²) in [7, 11) is -3.24. The molecule has 3 N–H and O–H groups in total. The predicted molar refractivity (Wildman–Crippen MR) is 65.2 cm³/mol. The van der Waals surface area contributed by atoms with E-state index in [2.05, 4.69) is 10.4 Å². The monoisotopic (exact) mass is 259 g/mol. The molecule has 0 bridgehead atoms. The highest BCUT2D eigenvalue weighted by atomic mass is 32.2. The van der Waals surface area contributed by atoms with Crippen LogP contribution in [0, 0.1) is 0 Å². The average Bonchev–Trinajstić information content (AvgIpc) is 2.28. The van der Waals surface area contributed by atoms with E-state index < -0.39 is 10.0 Å². The van der Waals surface area contributed by atoms with Gasteiger partial charge in [-0.05, 0) is 12.8 Å². The number of piperidine rings is 1. The highest BCUT2D eigenvalue weighted by molar-refractivity contribution is 7.88. The lowest BCUT2D eigenvalue weighted by molar-refractivity contribution is 0.0979. The van der Waals surface area contributed by atoms with Gasteiger partial charge in [0.15, 0.2) is 0 Å². The molecule has 8 heteroatoms. The Balaban J connectivity index is 2.20.